The van der Waals surface area contributed by atoms with Gasteiger partial charge in [0.25, 0.3) is 5.91 Å². The number of carbonyl (C=O) groups is 2. The highest BCUT2D eigenvalue weighted by atomic mass is 16.6. The van der Waals surface area contributed by atoms with Gasteiger partial charge in [-0.1, -0.05) is 32.1 Å². The molecule has 0 heterocycles. The van der Waals surface area contributed by atoms with Gasteiger partial charge in [-0.25, -0.2) is 4.79 Å². The molecule has 0 aliphatic rings. The number of hydrogen-bond donors (Lipinski definition) is 1. The molecular weight excluding hydrogens is 322 g/mol. The van der Waals surface area contributed by atoms with E-state index in [4.69, 9.17) is 14.2 Å². The van der Waals surface area contributed by atoms with Crippen LogP contribution in [0.5, 0.6) is 11.5 Å². The Morgan fingerprint density at radius 1 is 1.16 bits per heavy atom. The predicted molar refractivity (Wildman–Crippen MR) is 96.6 cm³/mol. The fourth-order valence-corrected chi connectivity index (χ4v) is 1.89. The molecule has 1 aromatic rings. The third-order valence-corrected chi connectivity index (χ3v) is 3.65. The zero-order valence-electron chi connectivity index (χ0n) is 15.5. The molecule has 0 spiro atoms. The molecule has 0 aliphatic heterocycles. The second-order valence-electron chi connectivity index (χ2n) is 5.96. The van der Waals surface area contributed by atoms with Crippen molar-refractivity contribution in [2.24, 2.45) is 5.92 Å². The van der Waals surface area contributed by atoms with Gasteiger partial charge in [0.05, 0.1) is 7.11 Å². The average molecular weight is 349 g/mol. The smallest absolute Gasteiger partial charge is 0.344 e. The summed E-state index contributed by atoms with van der Waals surface area (Å²) in [5.41, 5.74) is 0.963. The van der Waals surface area contributed by atoms with Gasteiger partial charge in [0.1, 0.15) is 0 Å². The molecule has 0 fully saturated rings. The zero-order chi connectivity index (χ0) is 18.8. The van der Waals surface area contributed by atoms with Crippen molar-refractivity contribution in [2.75, 3.05) is 20.3 Å². The molecule has 0 unspecified atom stereocenters. The summed E-state index contributed by atoms with van der Waals surface area (Å²) in [5.74, 6) is 0.313. The van der Waals surface area contributed by atoms with Crippen LogP contribution >= 0.6 is 0 Å². The average Bonchev–Trinajstić information content (AvgIpc) is 2.58. The molecule has 0 radical (unpaired) electrons. The molecule has 1 rings (SSSR count). The Morgan fingerprint density at radius 2 is 1.88 bits per heavy atom. The topological polar surface area (TPSA) is 73.9 Å². The van der Waals surface area contributed by atoms with E-state index in [1.807, 2.05) is 45.9 Å². The summed E-state index contributed by atoms with van der Waals surface area (Å²) < 4.78 is 15.6. The van der Waals surface area contributed by atoms with Crippen molar-refractivity contribution in [3.8, 4) is 11.5 Å². The minimum atomic E-state index is -0.619. The number of hydrogen-bond acceptors (Lipinski definition) is 5. The molecule has 0 saturated heterocycles. The lowest BCUT2D eigenvalue weighted by Crippen LogP contribution is -2.39. The standard InChI is InChI=1S/C19H27NO5/c1-6-7-15-8-9-16(17(10-15)23-5)24-12-19(22)25-11-18(21)20-14(4)13(2)3/h6-10,13-14H,11-12H2,1-5H3,(H,20,21)/b7-6+/t14-/m0/s1. The van der Waals surface area contributed by atoms with E-state index in [0.717, 1.165) is 5.56 Å². The van der Waals surface area contributed by atoms with Crippen LogP contribution < -0.4 is 14.8 Å². The highest BCUT2D eigenvalue weighted by Crippen LogP contribution is 2.28. The van der Waals surface area contributed by atoms with Crippen LogP contribution in [-0.4, -0.2) is 38.2 Å². The molecule has 25 heavy (non-hydrogen) atoms. The van der Waals surface area contributed by atoms with Crippen molar-refractivity contribution in [3.05, 3.63) is 29.8 Å². The van der Waals surface area contributed by atoms with Crippen molar-refractivity contribution in [2.45, 2.75) is 33.7 Å². The second kappa shape index (κ2) is 10.4. The van der Waals surface area contributed by atoms with Crippen molar-refractivity contribution < 1.29 is 23.8 Å². The van der Waals surface area contributed by atoms with Gasteiger partial charge in [0.2, 0.25) is 0 Å². The first kappa shape index (κ1) is 20.5. The number of allylic oxidation sites excluding steroid dienone is 1. The zero-order valence-corrected chi connectivity index (χ0v) is 15.5. The van der Waals surface area contributed by atoms with Gasteiger partial charge in [0.15, 0.2) is 24.7 Å². The first-order valence-electron chi connectivity index (χ1n) is 8.25. The van der Waals surface area contributed by atoms with Gasteiger partial charge in [-0.05, 0) is 37.5 Å². The SMILES string of the molecule is C/C=C/c1ccc(OCC(=O)OCC(=O)N[C@@H](C)C(C)C)c(OC)c1. The van der Waals surface area contributed by atoms with E-state index in [9.17, 15) is 9.59 Å². The normalized spacial score (nSPS) is 12.1. The molecule has 1 N–H and O–H groups in total. The second-order valence-corrected chi connectivity index (χ2v) is 5.96. The Kier molecular flexibility index (Phi) is 8.53. The van der Waals surface area contributed by atoms with Gasteiger partial charge in [-0.3, -0.25) is 4.79 Å². The van der Waals surface area contributed by atoms with E-state index in [2.05, 4.69) is 5.32 Å². The number of carbonyl (C=O) groups excluding carboxylic acids is 2. The van der Waals surface area contributed by atoms with Crippen molar-refractivity contribution in [1.29, 1.82) is 0 Å². The summed E-state index contributed by atoms with van der Waals surface area (Å²) in [6.07, 6.45) is 3.84. The fraction of sp³-hybridized carbons (Fsp3) is 0.474. The number of benzene rings is 1. The maximum Gasteiger partial charge on any atom is 0.344 e. The molecule has 1 aromatic carbocycles. The van der Waals surface area contributed by atoms with Gasteiger partial charge < -0.3 is 19.5 Å². The Morgan fingerprint density at radius 3 is 2.48 bits per heavy atom. The molecule has 0 saturated carbocycles. The molecule has 138 valence electrons. The van der Waals surface area contributed by atoms with E-state index in [-0.39, 0.29) is 25.2 Å². The van der Waals surface area contributed by atoms with E-state index in [1.165, 1.54) is 7.11 Å². The summed E-state index contributed by atoms with van der Waals surface area (Å²) in [4.78, 5) is 23.4. The van der Waals surface area contributed by atoms with E-state index in [0.29, 0.717) is 17.4 Å². The van der Waals surface area contributed by atoms with Gasteiger partial charge in [0, 0.05) is 6.04 Å². The first-order chi connectivity index (χ1) is 11.9. The summed E-state index contributed by atoms with van der Waals surface area (Å²) in [5, 5.41) is 2.76. The molecule has 6 heteroatoms. The quantitative estimate of drug-likeness (QED) is 0.694. The Balaban J connectivity index is 2.47. The van der Waals surface area contributed by atoms with Gasteiger partial charge in [-0.2, -0.15) is 0 Å². The Hall–Kier alpha value is -2.50. The van der Waals surface area contributed by atoms with Crippen LogP contribution in [0.4, 0.5) is 0 Å². The molecule has 0 aromatic heterocycles. The molecular formula is C19H27NO5. The van der Waals surface area contributed by atoms with Crippen LogP contribution in [0.1, 0.15) is 33.3 Å². The van der Waals surface area contributed by atoms with Gasteiger partial charge in [-0.15, -0.1) is 0 Å². The third-order valence-electron chi connectivity index (χ3n) is 3.65. The first-order valence-corrected chi connectivity index (χ1v) is 8.25. The highest BCUT2D eigenvalue weighted by Gasteiger charge is 2.14. The summed E-state index contributed by atoms with van der Waals surface area (Å²) in [7, 11) is 1.53. The lowest BCUT2D eigenvalue weighted by Gasteiger charge is -2.17. The lowest BCUT2D eigenvalue weighted by molar-refractivity contribution is -0.150. The summed E-state index contributed by atoms with van der Waals surface area (Å²) >= 11 is 0. The maximum atomic E-state index is 11.7. The highest BCUT2D eigenvalue weighted by molar-refractivity contribution is 5.81. The maximum absolute atomic E-state index is 11.7. The van der Waals surface area contributed by atoms with Crippen LogP contribution in [0.3, 0.4) is 0 Å². The number of amides is 1. The van der Waals surface area contributed by atoms with Crippen molar-refractivity contribution >= 4 is 18.0 Å². The van der Waals surface area contributed by atoms with E-state index in [1.54, 1.807) is 12.1 Å². The lowest BCUT2D eigenvalue weighted by atomic mass is 10.1. The van der Waals surface area contributed by atoms with E-state index < -0.39 is 5.97 Å². The monoisotopic (exact) mass is 349 g/mol. The van der Waals surface area contributed by atoms with Crippen LogP contribution in [0, 0.1) is 5.92 Å². The summed E-state index contributed by atoms with van der Waals surface area (Å²) in [6, 6.07) is 5.39. The Bertz CT molecular complexity index is 610. The number of rotatable bonds is 9. The molecule has 0 aliphatic carbocycles. The predicted octanol–water partition coefficient (Wildman–Crippen LogP) is 2.81. The number of ether oxygens (including phenoxy) is 3. The fourth-order valence-electron chi connectivity index (χ4n) is 1.89. The van der Waals surface area contributed by atoms with Crippen molar-refractivity contribution in [1.82, 2.24) is 5.32 Å². The molecule has 6 nitrogen and oxygen atoms in total. The van der Waals surface area contributed by atoms with Gasteiger partial charge >= 0.3 is 5.97 Å². The van der Waals surface area contributed by atoms with Crippen LogP contribution in [-0.2, 0) is 14.3 Å². The van der Waals surface area contributed by atoms with Crippen LogP contribution in [0.15, 0.2) is 24.3 Å². The minimum Gasteiger partial charge on any atom is -0.493 e. The number of nitrogens with one attached hydrogen (secondary N) is 1. The Labute approximate surface area is 149 Å². The van der Waals surface area contributed by atoms with Crippen LogP contribution in [0.25, 0.3) is 6.08 Å². The van der Waals surface area contributed by atoms with E-state index >= 15 is 0 Å². The number of esters is 1. The molecule has 0 bridgehead atoms. The molecule has 1 atom stereocenters. The van der Waals surface area contributed by atoms with Crippen molar-refractivity contribution in [3.63, 3.8) is 0 Å². The largest absolute Gasteiger partial charge is 0.493 e. The summed E-state index contributed by atoms with van der Waals surface area (Å²) in [6.45, 7) is 7.20. The minimum absolute atomic E-state index is 0.0161. The van der Waals surface area contributed by atoms with Crippen LogP contribution in [0.2, 0.25) is 0 Å². The third kappa shape index (κ3) is 7.28. The molecule has 1 amide bonds. The number of methoxy groups -OCH3 is 1.